The van der Waals surface area contributed by atoms with E-state index >= 15 is 0 Å². The molecule has 0 atom stereocenters. The van der Waals surface area contributed by atoms with Gasteiger partial charge >= 0.3 is 0 Å². The molecule has 1 aromatic heterocycles. The maximum absolute atomic E-state index is 12.5. The molecule has 1 aromatic rings. The topological polar surface area (TPSA) is 71.8 Å². The van der Waals surface area contributed by atoms with Gasteiger partial charge in [0, 0.05) is 6.54 Å². The van der Waals surface area contributed by atoms with Crippen LogP contribution in [0.2, 0.25) is 0 Å². The number of piperidine rings is 1. The molecule has 0 spiro atoms. The van der Waals surface area contributed by atoms with Crippen molar-refractivity contribution in [2.24, 2.45) is 11.3 Å². The minimum Gasteiger partial charge on any atom is -0.350 e. The van der Waals surface area contributed by atoms with Crippen molar-refractivity contribution >= 4 is 5.91 Å². The zero-order chi connectivity index (χ0) is 17.0. The third-order valence-corrected chi connectivity index (χ3v) is 4.49. The van der Waals surface area contributed by atoms with Crippen LogP contribution in [0.4, 0.5) is 0 Å². The number of carbonyl (C=O) groups excluding carboxylic acids is 1. The highest BCUT2D eigenvalue weighted by Crippen LogP contribution is 2.24. The van der Waals surface area contributed by atoms with Crippen LogP contribution in [0.5, 0.6) is 0 Å². The molecular weight excluding hydrogens is 290 g/mol. The summed E-state index contributed by atoms with van der Waals surface area (Å²) in [5.74, 6) is 0.504. The van der Waals surface area contributed by atoms with E-state index in [1.165, 1.54) is 0 Å². The van der Waals surface area contributed by atoms with Gasteiger partial charge in [-0.15, -0.1) is 5.10 Å². The van der Waals surface area contributed by atoms with Gasteiger partial charge in [-0.1, -0.05) is 32.9 Å². The fourth-order valence-electron chi connectivity index (χ4n) is 3.53. The lowest BCUT2D eigenvalue weighted by atomic mass is 9.84. The average molecular weight is 321 g/mol. The third-order valence-electron chi connectivity index (χ3n) is 4.49. The van der Waals surface area contributed by atoms with Crippen LogP contribution in [0.25, 0.3) is 0 Å². The lowest BCUT2D eigenvalue weighted by Crippen LogP contribution is -2.35. The van der Waals surface area contributed by atoms with Crippen molar-refractivity contribution in [3.63, 3.8) is 0 Å². The molecule has 6 heteroatoms. The van der Waals surface area contributed by atoms with E-state index in [0.29, 0.717) is 24.2 Å². The second-order valence-electron chi connectivity index (χ2n) is 7.89. The first kappa shape index (κ1) is 17.9. The van der Waals surface area contributed by atoms with Crippen molar-refractivity contribution in [1.29, 1.82) is 0 Å². The van der Waals surface area contributed by atoms with E-state index in [9.17, 15) is 4.79 Å². The SMILES string of the molecule is Cc1c(C(=O)NCC(C)(C)CC(C)C)nnn1C1CCNCC1. The molecule has 1 amide bonds. The summed E-state index contributed by atoms with van der Waals surface area (Å²) in [5.41, 5.74) is 1.42. The van der Waals surface area contributed by atoms with Crippen molar-refractivity contribution in [2.45, 2.75) is 59.9 Å². The first-order chi connectivity index (χ1) is 10.8. The maximum Gasteiger partial charge on any atom is 0.273 e. The van der Waals surface area contributed by atoms with Crippen LogP contribution in [-0.4, -0.2) is 40.5 Å². The lowest BCUT2D eigenvalue weighted by molar-refractivity contribution is 0.0925. The summed E-state index contributed by atoms with van der Waals surface area (Å²) < 4.78 is 1.93. The number of hydrogen-bond acceptors (Lipinski definition) is 4. The summed E-state index contributed by atoms with van der Waals surface area (Å²) in [5, 5.41) is 14.7. The molecule has 6 nitrogen and oxygen atoms in total. The number of aromatic nitrogens is 3. The predicted molar refractivity (Wildman–Crippen MR) is 91.5 cm³/mol. The molecule has 0 radical (unpaired) electrons. The second-order valence-corrected chi connectivity index (χ2v) is 7.89. The molecule has 23 heavy (non-hydrogen) atoms. The highest BCUT2D eigenvalue weighted by Gasteiger charge is 2.25. The fourth-order valence-corrected chi connectivity index (χ4v) is 3.53. The number of hydrogen-bond donors (Lipinski definition) is 2. The molecule has 1 fully saturated rings. The van der Waals surface area contributed by atoms with Crippen LogP contribution in [0.1, 0.15) is 69.2 Å². The summed E-state index contributed by atoms with van der Waals surface area (Å²) >= 11 is 0. The average Bonchev–Trinajstić information content (AvgIpc) is 2.86. The van der Waals surface area contributed by atoms with E-state index in [0.717, 1.165) is 38.0 Å². The minimum atomic E-state index is -0.112. The zero-order valence-electron chi connectivity index (χ0n) is 15.1. The molecule has 2 rings (SSSR count). The molecule has 1 saturated heterocycles. The lowest BCUT2D eigenvalue weighted by Gasteiger charge is -2.26. The number of rotatable bonds is 6. The van der Waals surface area contributed by atoms with Crippen LogP contribution in [0, 0.1) is 18.3 Å². The van der Waals surface area contributed by atoms with Gasteiger partial charge in [0.2, 0.25) is 0 Å². The summed E-state index contributed by atoms with van der Waals surface area (Å²) in [6.07, 6.45) is 3.15. The van der Waals surface area contributed by atoms with Gasteiger partial charge in [-0.2, -0.15) is 0 Å². The van der Waals surface area contributed by atoms with Crippen molar-refractivity contribution in [3.05, 3.63) is 11.4 Å². The van der Waals surface area contributed by atoms with Crippen molar-refractivity contribution in [2.75, 3.05) is 19.6 Å². The Bertz CT molecular complexity index is 529. The fraction of sp³-hybridized carbons (Fsp3) is 0.824. The van der Waals surface area contributed by atoms with Gasteiger partial charge in [0.1, 0.15) is 0 Å². The normalized spacial score (nSPS) is 16.8. The molecule has 0 aliphatic carbocycles. The van der Waals surface area contributed by atoms with Gasteiger partial charge in [-0.05, 0) is 50.6 Å². The van der Waals surface area contributed by atoms with Gasteiger partial charge in [0.15, 0.2) is 5.69 Å². The Morgan fingerprint density at radius 2 is 2.04 bits per heavy atom. The van der Waals surface area contributed by atoms with E-state index < -0.39 is 0 Å². The Morgan fingerprint density at radius 3 is 2.65 bits per heavy atom. The molecular formula is C17H31N5O. The van der Waals surface area contributed by atoms with Crippen molar-refractivity contribution < 1.29 is 4.79 Å². The molecule has 1 aliphatic rings. The van der Waals surface area contributed by atoms with Gasteiger partial charge in [0.25, 0.3) is 5.91 Å². The van der Waals surface area contributed by atoms with E-state index in [-0.39, 0.29) is 11.3 Å². The first-order valence-electron chi connectivity index (χ1n) is 8.71. The van der Waals surface area contributed by atoms with E-state index in [4.69, 9.17) is 0 Å². The third kappa shape index (κ3) is 4.77. The highest BCUT2D eigenvalue weighted by molar-refractivity contribution is 5.93. The van der Waals surface area contributed by atoms with E-state index in [2.05, 4.69) is 48.6 Å². The number of nitrogens with one attached hydrogen (secondary N) is 2. The molecule has 0 unspecified atom stereocenters. The number of carbonyl (C=O) groups is 1. The van der Waals surface area contributed by atoms with Crippen molar-refractivity contribution in [3.8, 4) is 0 Å². The van der Waals surface area contributed by atoms with Crippen LogP contribution >= 0.6 is 0 Å². The summed E-state index contributed by atoms with van der Waals surface area (Å²) in [4.78, 5) is 12.5. The molecule has 2 heterocycles. The zero-order valence-corrected chi connectivity index (χ0v) is 15.1. The van der Waals surface area contributed by atoms with Gasteiger partial charge in [-0.3, -0.25) is 4.79 Å². The summed E-state index contributed by atoms with van der Waals surface area (Å²) in [6, 6.07) is 0.350. The van der Waals surface area contributed by atoms with E-state index in [1.54, 1.807) is 0 Å². The Hall–Kier alpha value is -1.43. The summed E-state index contributed by atoms with van der Waals surface area (Å²) in [6.45, 7) is 13.4. The monoisotopic (exact) mass is 321 g/mol. The molecule has 0 aromatic carbocycles. The molecule has 0 saturated carbocycles. The standard InChI is InChI=1S/C17H31N5O/c1-12(2)10-17(4,5)11-19-16(23)15-13(3)22(21-20-15)14-6-8-18-9-7-14/h12,14,18H,6-11H2,1-5H3,(H,19,23). The second kappa shape index (κ2) is 7.43. The van der Waals surface area contributed by atoms with E-state index in [1.807, 2.05) is 11.6 Å². The smallest absolute Gasteiger partial charge is 0.273 e. The summed E-state index contributed by atoms with van der Waals surface area (Å²) in [7, 11) is 0. The van der Waals surface area contributed by atoms with Crippen LogP contribution in [0.15, 0.2) is 0 Å². The first-order valence-corrected chi connectivity index (χ1v) is 8.71. The molecule has 130 valence electrons. The van der Waals surface area contributed by atoms with Gasteiger partial charge < -0.3 is 10.6 Å². The Morgan fingerprint density at radius 1 is 1.39 bits per heavy atom. The minimum absolute atomic E-state index is 0.0861. The Balaban J connectivity index is 1.99. The van der Waals surface area contributed by atoms with Crippen LogP contribution in [0.3, 0.4) is 0 Å². The largest absolute Gasteiger partial charge is 0.350 e. The van der Waals surface area contributed by atoms with Gasteiger partial charge in [-0.25, -0.2) is 4.68 Å². The number of amides is 1. The molecule has 1 aliphatic heterocycles. The maximum atomic E-state index is 12.5. The Labute approximate surface area is 139 Å². The predicted octanol–water partition coefficient (Wildman–Crippen LogP) is 2.31. The molecule has 2 N–H and O–H groups in total. The van der Waals surface area contributed by atoms with Crippen molar-refractivity contribution in [1.82, 2.24) is 25.6 Å². The van der Waals surface area contributed by atoms with Crippen LogP contribution in [-0.2, 0) is 0 Å². The van der Waals surface area contributed by atoms with Crippen LogP contribution < -0.4 is 10.6 Å². The Kier molecular flexibility index (Phi) is 5.79. The molecule has 0 bridgehead atoms. The van der Waals surface area contributed by atoms with Gasteiger partial charge in [0.05, 0.1) is 11.7 Å². The number of nitrogens with zero attached hydrogens (tertiary/aromatic N) is 3. The highest BCUT2D eigenvalue weighted by atomic mass is 16.2. The quantitative estimate of drug-likeness (QED) is 0.843.